The van der Waals surface area contributed by atoms with Gasteiger partial charge in [-0.15, -0.1) is 10.2 Å². The third kappa shape index (κ3) is 5.95. The first-order chi connectivity index (χ1) is 17.0. The van der Waals surface area contributed by atoms with Crippen molar-refractivity contribution in [1.82, 2.24) is 14.8 Å². The number of carbonyl (C=O) groups is 1. The van der Waals surface area contributed by atoms with Gasteiger partial charge in [-0.1, -0.05) is 42.1 Å². The van der Waals surface area contributed by atoms with Crippen LogP contribution in [0.1, 0.15) is 5.82 Å². The molecular weight excluding hydrogens is 470 g/mol. The highest BCUT2D eigenvalue weighted by Crippen LogP contribution is 2.28. The van der Waals surface area contributed by atoms with Crippen LogP contribution in [0, 0.1) is 10.1 Å². The average molecular weight is 492 g/mol. The van der Waals surface area contributed by atoms with Crippen molar-refractivity contribution in [1.29, 1.82) is 0 Å². The van der Waals surface area contributed by atoms with E-state index in [0.29, 0.717) is 28.2 Å². The highest BCUT2D eigenvalue weighted by molar-refractivity contribution is 7.99. The van der Waals surface area contributed by atoms with Crippen LogP contribution < -0.4 is 14.8 Å². The fraction of sp³-hybridized carbons (Fsp3) is 0.125. The van der Waals surface area contributed by atoms with Gasteiger partial charge in [0.1, 0.15) is 6.61 Å². The van der Waals surface area contributed by atoms with Crippen molar-refractivity contribution < 1.29 is 19.2 Å². The van der Waals surface area contributed by atoms with Crippen LogP contribution in [-0.4, -0.2) is 38.5 Å². The van der Waals surface area contributed by atoms with Crippen LogP contribution in [0.4, 0.5) is 11.4 Å². The van der Waals surface area contributed by atoms with E-state index in [9.17, 15) is 14.9 Å². The summed E-state index contributed by atoms with van der Waals surface area (Å²) < 4.78 is 13.1. The summed E-state index contributed by atoms with van der Waals surface area (Å²) in [4.78, 5) is 22.8. The molecule has 0 spiro atoms. The number of para-hydroxylation sites is 3. The first-order valence-corrected chi connectivity index (χ1v) is 11.5. The Morgan fingerprint density at radius 1 is 1.00 bits per heavy atom. The molecule has 4 rings (SSSR count). The second kappa shape index (κ2) is 11.2. The lowest BCUT2D eigenvalue weighted by Gasteiger charge is -2.12. The molecule has 35 heavy (non-hydrogen) atoms. The maximum absolute atomic E-state index is 12.5. The number of nitrogens with zero attached hydrogens (tertiary/aromatic N) is 4. The van der Waals surface area contributed by atoms with E-state index in [4.69, 9.17) is 9.47 Å². The van der Waals surface area contributed by atoms with Crippen LogP contribution in [0.5, 0.6) is 11.5 Å². The molecular formula is C24H21N5O5S. The number of thioether (sulfide) groups is 1. The molecule has 4 aromatic rings. The number of methoxy groups -OCH3 is 1. The first kappa shape index (κ1) is 23.8. The summed E-state index contributed by atoms with van der Waals surface area (Å²) >= 11 is 1.22. The molecule has 0 aliphatic rings. The molecule has 11 heteroatoms. The van der Waals surface area contributed by atoms with Crippen molar-refractivity contribution >= 4 is 29.0 Å². The van der Waals surface area contributed by atoms with Gasteiger partial charge in [-0.3, -0.25) is 19.5 Å². The lowest BCUT2D eigenvalue weighted by Crippen LogP contribution is -2.14. The van der Waals surface area contributed by atoms with Gasteiger partial charge >= 0.3 is 0 Å². The summed E-state index contributed by atoms with van der Waals surface area (Å²) in [7, 11) is 1.57. The Labute approximate surface area is 205 Å². The van der Waals surface area contributed by atoms with Gasteiger partial charge in [-0.2, -0.15) is 0 Å². The molecule has 0 fully saturated rings. The second-order valence-electron chi connectivity index (χ2n) is 7.15. The Morgan fingerprint density at radius 2 is 1.69 bits per heavy atom. The highest BCUT2D eigenvalue weighted by atomic mass is 32.2. The van der Waals surface area contributed by atoms with Crippen LogP contribution >= 0.6 is 11.8 Å². The predicted octanol–water partition coefficient (Wildman–Crippen LogP) is 4.49. The zero-order valence-corrected chi connectivity index (χ0v) is 19.5. The molecule has 0 saturated carbocycles. The van der Waals surface area contributed by atoms with Crippen LogP contribution in [-0.2, 0) is 11.4 Å². The number of benzene rings is 3. The van der Waals surface area contributed by atoms with Gasteiger partial charge in [0.25, 0.3) is 5.69 Å². The van der Waals surface area contributed by atoms with Gasteiger partial charge in [-0.05, 0) is 36.4 Å². The number of rotatable bonds is 10. The van der Waals surface area contributed by atoms with Crippen molar-refractivity contribution in [3.63, 3.8) is 0 Å². The number of amides is 1. The van der Waals surface area contributed by atoms with E-state index < -0.39 is 4.92 Å². The minimum Gasteiger partial charge on any atom is -0.493 e. The summed E-state index contributed by atoms with van der Waals surface area (Å²) in [5.74, 6) is 1.53. The fourth-order valence-electron chi connectivity index (χ4n) is 3.20. The number of nitrogens with one attached hydrogen (secondary N) is 1. The van der Waals surface area contributed by atoms with Gasteiger partial charge < -0.3 is 14.8 Å². The van der Waals surface area contributed by atoms with Crippen molar-refractivity contribution in [2.45, 2.75) is 11.8 Å². The number of ether oxygens (including phenoxy) is 2. The molecule has 0 saturated heterocycles. The van der Waals surface area contributed by atoms with E-state index in [1.165, 1.54) is 36.0 Å². The number of hydrogen-bond acceptors (Lipinski definition) is 8. The van der Waals surface area contributed by atoms with Gasteiger partial charge in [0.15, 0.2) is 22.5 Å². The maximum Gasteiger partial charge on any atom is 0.269 e. The molecule has 0 bridgehead atoms. The SMILES string of the molecule is COc1ccccc1OCc1nnc(SCC(=O)Nc2ccc([N+](=O)[O-])cc2)n1-c1ccccc1. The van der Waals surface area contributed by atoms with Crippen molar-refractivity contribution in [3.8, 4) is 17.2 Å². The zero-order chi connectivity index (χ0) is 24.6. The lowest BCUT2D eigenvalue weighted by atomic mass is 10.3. The molecule has 1 amide bonds. The Morgan fingerprint density at radius 3 is 2.37 bits per heavy atom. The molecule has 0 unspecified atom stereocenters. The molecule has 0 aliphatic heterocycles. The monoisotopic (exact) mass is 491 g/mol. The van der Waals surface area contributed by atoms with Gasteiger partial charge in [-0.25, -0.2) is 0 Å². The van der Waals surface area contributed by atoms with E-state index in [1.54, 1.807) is 13.2 Å². The number of nitro benzene ring substituents is 1. The lowest BCUT2D eigenvalue weighted by molar-refractivity contribution is -0.384. The third-order valence-corrected chi connectivity index (χ3v) is 5.76. The minimum atomic E-state index is -0.493. The Kier molecular flexibility index (Phi) is 7.58. The molecule has 0 atom stereocenters. The van der Waals surface area contributed by atoms with E-state index in [-0.39, 0.29) is 24.0 Å². The largest absolute Gasteiger partial charge is 0.493 e. The molecule has 1 heterocycles. The van der Waals surface area contributed by atoms with Gasteiger partial charge in [0.2, 0.25) is 5.91 Å². The van der Waals surface area contributed by atoms with E-state index >= 15 is 0 Å². The van der Waals surface area contributed by atoms with Gasteiger partial charge in [0, 0.05) is 23.5 Å². The number of aromatic nitrogens is 3. The second-order valence-corrected chi connectivity index (χ2v) is 8.09. The number of non-ortho nitro benzene ring substituents is 1. The summed E-state index contributed by atoms with van der Waals surface area (Å²) in [6.45, 7) is 0.137. The normalized spacial score (nSPS) is 10.5. The summed E-state index contributed by atoms with van der Waals surface area (Å²) in [6.07, 6.45) is 0. The minimum absolute atomic E-state index is 0.0452. The smallest absolute Gasteiger partial charge is 0.269 e. The maximum atomic E-state index is 12.5. The van der Waals surface area contributed by atoms with Crippen molar-refractivity contribution in [2.24, 2.45) is 0 Å². The van der Waals surface area contributed by atoms with Crippen molar-refractivity contribution in [3.05, 3.63) is 94.8 Å². The molecule has 1 N–H and O–H groups in total. The standard InChI is InChI=1S/C24H21N5O5S/c1-33-20-9-5-6-10-21(20)34-15-22-26-27-24(28(22)18-7-3-2-4-8-18)35-16-23(30)25-17-11-13-19(14-12-17)29(31)32/h2-14H,15-16H2,1H3,(H,25,30). The van der Waals surface area contributed by atoms with Crippen molar-refractivity contribution in [2.75, 3.05) is 18.2 Å². The topological polar surface area (TPSA) is 121 Å². The van der Waals surface area contributed by atoms with Gasteiger partial charge in [0.05, 0.1) is 17.8 Å². The molecule has 0 aliphatic carbocycles. The van der Waals surface area contributed by atoms with Crippen LogP contribution in [0.15, 0.2) is 84.0 Å². The fourth-order valence-corrected chi connectivity index (χ4v) is 3.97. The van der Waals surface area contributed by atoms with E-state index in [2.05, 4.69) is 15.5 Å². The quantitative estimate of drug-likeness (QED) is 0.196. The average Bonchev–Trinajstić information content (AvgIpc) is 3.30. The third-order valence-electron chi connectivity index (χ3n) is 4.83. The summed E-state index contributed by atoms with van der Waals surface area (Å²) in [5, 5.41) is 22.6. The molecule has 178 valence electrons. The number of anilines is 1. The summed E-state index contributed by atoms with van der Waals surface area (Å²) in [5.41, 5.74) is 1.25. The van der Waals surface area contributed by atoms with Crippen LogP contribution in [0.2, 0.25) is 0 Å². The number of hydrogen-bond donors (Lipinski definition) is 1. The first-order valence-electron chi connectivity index (χ1n) is 10.5. The van der Waals surface area contributed by atoms with Crippen LogP contribution in [0.3, 0.4) is 0 Å². The van der Waals surface area contributed by atoms with Crippen LogP contribution in [0.25, 0.3) is 5.69 Å². The predicted molar refractivity (Wildman–Crippen MR) is 131 cm³/mol. The number of nitro groups is 1. The highest BCUT2D eigenvalue weighted by Gasteiger charge is 2.17. The molecule has 10 nitrogen and oxygen atoms in total. The molecule has 1 aromatic heterocycles. The Balaban J connectivity index is 1.47. The Hall–Kier alpha value is -4.38. The molecule has 0 radical (unpaired) electrons. The van der Waals surface area contributed by atoms with E-state index in [1.807, 2.05) is 53.1 Å². The van der Waals surface area contributed by atoms with E-state index in [0.717, 1.165) is 5.69 Å². The number of carbonyl (C=O) groups excluding carboxylic acids is 1. The zero-order valence-electron chi connectivity index (χ0n) is 18.7. The Bertz CT molecular complexity index is 1310. The molecule has 3 aromatic carbocycles. The summed E-state index contributed by atoms with van der Waals surface area (Å²) in [6, 6.07) is 22.5.